The van der Waals surface area contributed by atoms with E-state index < -0.39 is 0 Å². The first-order valence-corrected chi connectivity index (χ1v) is 8.91. The highest BCUT2D eigenvalue weighted by molar-refractivity contribution is 5.80. The summed E-state index contributed by atoms with van der Waals surface area (Å²) in [6, 6.07) is 1.27. The third-order valence-electron chi connectivity index (χ3n) is 5.00. The van der Waals surface area contributed by atoms with Crippen LogP contribution in [0.5, 0.6) is 0 Å². The molecular formula is C17H32N4O2. The molecule has 1 aliphatic heterocycles. The Labute approximate surface area is 140 Å². The van der Waals surface area contributed by atoms with Crippen LogP contribution in [-0.2, 0) is 9.53 Å². The fourth-order valence-corrected chi connectivity index (χ4v) is 3.14. The molecule has 0 bridgehead atoms. The molecule has 132 valence electrons. The Morgan fingerprint density at radius 2 is 2.00 bits per heavy atom. The van der Waals surface area contributed by atoms with Crippen molar-refractivity contribution >= 4 is 11.9 Å². The maximum atomic E-state index is 11.8. The van der Waals surface area contributed by atoms with Crippen molar-refractivity contribution in [3.8, 4) is 0 Å². The number of hydrogen-bond acceptors (Lipinski definition) is 4. The lowest BCUT2D eigenvalue weighted by molar-refractivity contribution is -0.149. The number of esters is 1. The smallest absolute Gasteiger partial charge is 0.309 e. The number of rotatable bonds is 6. The molecule has 0 amide bonds. The minimum absolute atomic E-state index is 0.0456. The number of guanidine groups is 1. The van der Waals surface area contributed by atoms with E-state index in [1.807, 2.05) is 14.0 Å². The van der Waals surface area contributed by atoms with E-state index in [2.05, 4.69) is 34.1 Å². The summed E-state index contributed by atoms with van der Waals surface area (Å²) in [5.41, 5.74) is 0. The molecule has 1 unspecified atom stereocenters. The summed E-state index contributed by atoms with van der Waals surface area (Å²) >= 11 is 0. The number of hydrogen-bond donors (Lipinski definition) is 1. The zero-order chi connectivity index (χ0) is 16.8. The molecule has 2 rings (SSSR count). The molecule has 6 heteroatoms. The molecular weight excluding hydrogens is 292 g/mol. The minimum Gasteiger partial charge on any atom is -0.466 e. The lowest BCUT2D eigenvalue weighted by atomic mass is 9.97. The number of nitrogens with zero attached hydrogens (tertiary/aromatic N) is 3. The molecule has 1 saturated heterocycles. The van der Waals surface area contributed by atoms with Crippen molar-refractivity contribution in [1.82, 2.24) is 15.1 Å². The molecule has 1 atom stereocenters. The second-order valence-corrected chi connectivity index (χ2v) is 6.69. The van der Waals surface area contributed by atoms with Crippen LogP contribution in [0.2, 0.25) is 0 Å². The van der Waals surface area contributed by atoms with Gasteiger partial charge in [0.05, 0.1) is 12.5 Å². The molecule has 1 saturated carbocycles. The third kappa shape index (κ3) is 5.09. The van der Waals surface area contributed by atoms with Gasteiger partial charge in [-0.1, -0.05) is 0 Å². The van der Waals surface area contributed by atoms with Gasteiger partial charge in [-0.25, -0.2) is 0 Å². The van der Waals surface area contributed by atoms with E-state index >= 15 is 0 Å². The first-order valence-electron chi connectivity index (χ1n) is 8.91. The number of piperidine rings is 1. The Kier molecular flexibility index (Phi) is 6.69. The van der Waals surface area contributed by atoms with Crippen LogP contribution in [-0.4, -0.2) is 74.1 Å². The highest BCUT2D eigenvalue weighted by Crippen LogP contribution is 2.26. The number of aliphatic imine (C=N–C) groups is 1. The molecule has 1 aliphatic carbocycles. The Balaban J connectivity index is 1.75. The summed E-state index contributed by atoms with van der Waals surface area (Å²) < 4.78 is 5.13. The molecule has 0 aromatic heterocycles. The quantitative estimate of drug-likeness (QED) is 0.454. The molecule has 1 heterocycles. The van der Waals surface area contributed by atoms with Gasteiger partial charge in [0.2, 0.25) is 0 Å². The standard InChI is InChI=1S/C17H32N4O2/c1-5-23-16(22)14-8-10-21(11-9-14)17(18-3)19-12-13(2)20(4)15-6-7-15/h13-15H,5-12H2,1-4H3,(H,18,19). The first kappa shape index (κ1) is 18.0. The fraction of sp³-hybridized carbons (Fsp3) is 0.882. The van der Waals surface area contributed by atoms with Crippen molar-refractivity contribution < 1.29 is 9.53 Å². The zero-order valence-corrected chi connectivity index (χ0v) is 15.0. The molecule has 0 aromatic carbocycles. The van der Waals surface area contributed by atoms with Crippen LogP contribution in [0, 0.1) is 5.92 Å². The number of carbonyl (C=O) groups is 1. The number of likely N-dealkylation sites (N-methyl/N-ethyl adjacent to an activating group) is 1. The number of likely N-dealkylation sites (tertiary alicyclic amines) is 1. The maximum Gasteiger partial charge on any atom is 0.309 e. The van der Waals surface area contributed by atoms with Gasteiger partial charge in [0.25, 0.3) is 0 Å². The van der Waals surface area contributed by atoms with E-state index in [4.69, 9.17) is 4.74 Å². The predicted octanol–water partition coefficient (Wildman–Crippen LogP) is 1.32. The maximum absolute atomic E-state index is 11.8. The van der Waals surface area contributed by atoms with Gasteiger partial charge in [0.15, 0.2) is 5.96 Å². The van der Waals surface area contributed by atoms with Crippen LogP contribution in [0.3, 0.4) is 0 Å². The molecule has 2 fully saturated rings. The average molecular weight is 324 g/mol. The van der Waals surface area contributed by atoms with Gasteiger partial charge >= 0.3 is 5.97 Å². The summed E-state index contributed by atoms with van der Waals surface area (Å²) in [5, 5.41) is 3.49. The van der Waals surface area contributed by atoms with Crippen molar-refractivity contribution in [2.24, 2.45) is 10.9 Å². The molecule has 0 aromatic rings. The summed E-state index contributed by atoms with van der Waals surface area (Å²) in [6.07, 6.45) is 4.35. The number of ether oxygens (including phenoxy) is 1. The third-order valence-corrected chi connectivity index (χ3v) is 5.00. The molecule has 1 N–H and O–H groups in total. The van der Waals surface area contributed by atoms with E-state index in [-0.39, 0.29) is 11.9 Å². The van der Waals surface area contributed by atoms with Gasteiger partial charge in [-0.05, 0) is 46.6 Å². The molecule has 2 aliphatic rings. The Bertz CT molecular complexity index is 415. The van der Waals surface area contributed by atoms with Crippen LogP contribution in [0.25, 0.3) is 0 Å². The van der Waals surface area contributed by atoms with Crippen molar-refractivity contribution in [1.29, 1.82) is 0 Å². The van der Waals surface area contributed by atoms with Crippen molar-refractivity contribution in [2.75, 3.05) is 40.3 Å². The van der Waals surface area contributed by atoms with E-state index in [9.17, 15) is 4.79 Å². The SMILES string of the molecule is CCOC(=O)C1CCN(C(=NC)NCC(C)N(C)C2CC2)CC1. The largest absolute Gasteiger partial charge is 0.466 e. The molecule has 0 radical (unpaired) electrons. The summed E-state index contributed by atoms with van der Waals surface area (Å²) in [5.74, 6) is 0.947. The second-order valence-electron chi connectivity index (χ2n) is 6.69. The Morgan fingerprint density at radius 1 is 1.35 bits per heavy atom. The van der Waals surface area contributed by atoms with Crippen molar-refractivity contribution in [2.45, 2.75) is 51.6 Å². The predicted molar refractivity (Wildman–Crippen MR) is 92.5 cm³/mol. The lowest BCUT2D eigenvalue weighted by Gasteiger charge is -2.34. The first-order chi connectivity index (χ1) is 11.1. The molecule has 0 spiro atoms. The van der Waals surface area contributed by atoms with Gasteiger partial charge in [-0.15, -0.1) is 0 Å². The summed E-state index contributed by atoms with van der Waals surface area (Å²) in [7, 11) is 4.03. The van der Waals surface area contributed by atoms with Gasteiger partial charge < -0.3 is 15.0 Å². The van der Waals surface area contributed by atoms with Crippen LogP contribution >= 0.6 is 0 Å². The Hall–Kier alpha value is -1.30. The average Bonchev–Trinajstić information content (AvgIpc) is 3.40. The number of nitrogens with one attached hydrogen (secondary N) is 1. The fourth-order valence-electron chi connectivity index (χ4n) is 3.14. The van der Waals surface area contributed by atoms with E-state index in [0.717, 1.165) is 44.5 Å². The van der Waals surface area contributed by atoms with Crippen LogP contribution in [0.4, 0.5) is 0 Å². The molecule has 6 nitrogen and oxygen atoms in total. The zero-order valence-electron chi connectivity index (χ0n) is 15.0. The number of carbonyl (C=O) groups excluding carboxylic acids is 1. The monoisotopic (exact) mass is 324 g/mol. The Morgan fingerprint density at radius 3 is 2.52 bits per heavy atom. The van der Waals surface area contributed by atoms with E-state index in [1.165, 1.54) is 12.8 Å². The van der Waals surface area contributed by atoms with Gasteiger partial charge in [-0.3, -0.25) is 14.7 Å². The van der Waals surface area contributed by atoms with Crippen molar-refractivity contribution in [3.63, 3.8) is 0 Å². The van der Waals surface area contributed by atoms with Crippen LogP contribution in [0.15, 0.2) is 4.99 Å². The van der Waals surface area contributed by atoms with Crippen LogP contribution < -0.4 is 5.32 Å². The summed E-state index contributed by atoms with van der Waals surface area (Å²) in [6.45, 7) is 7.20. The van der Waals surface area contributed by atoms with E-state index in [0.29, 0.717) is 12.6 Å². The van der Waals surface area contributed by atoms with E-state index in [1.54, 1.807) is 0 Å². The highest BCUT2D eigenvalue weighted by Gasteiger charge is 2.30. The highest BCUT2D eigenvalue weighted by atomic mass is 16.5. The van der Waals surface area contributed by atoms with Gasteiger partial charge in [-0.2, -0.15) is 0 Å². The lowest BCUT2D eigenvalue weighted by Crippen LogP contribution is -2.50. The van der Waals surface area contributed by atoms with Gasteiger partial charge in [0.1, 0.15) is 0 Å². The van der Waals surface area contributed by atoms with Crippen LogP contribution in [0.1, 0.15) is 39.5 Å². The minimum atomic E-state index is -0.0465. The molecule has 23 heavy (non-hydrogen) atoms. The van der Waals surface area contributed by atoms with Gasteiger partial charge in [0, 0.05) is 38.8 Å². The normalized spacial score (nSPS) is 21.4. The second kappa shape index (κ2) is 8.52. The summed E-state index contributed by atoms with van der Waals surface area (Å²) in [4.78, 5) is 20.9. The topological polar surface area (TPSA) is 57.2 Å². The van der Waals surface area contributed by atoms with Crippen molar-refractivity contribution in [3.05, 3.63) is 0 Å².